The van der Waals surface area contributed by atoms with Crippen LogP contribution in [0.25, 0.3) is 44.2 Å². The van der Waals surface area contributed by atoms with E-state index in [1.807, 2.05) is 66.7 Å². The van der Waals surface area contributed by atoms with E-state index in [1.165, 1.54) is 0 Å². The van der Waals surface area contributed by atoms with Gasteiger partial charge in [-0.1, -0.05) is 67.6 Å². The molecule has 0 saturated heterocycles. The van der Waals surface area contributed by atoms with Crippen LogP contribution in [-0.4, -0.2) is 9.38 Å². The quantitative estimate of drug-likeness (QED) is 0.344. The minimum Gasteiger partial charge on any atom is -0.268 e. The van der Waals surface area contributed by atoms with Crippen molar-refractivity contribution in [3.05, 3.63) is 88.5 Å². The lowest BCUT2D eigenvalue weighted by molar-refractivity contribution is 1.12. The highest BCUT2D eigenvalue weighted by atomic mass is 16.1. The van der Waals surface area contributed by atoms with Crippen LogP contribution in [0.5, 0.6) is 0 Å². The fourth-order valence-corrected chi connectivity index (χ4v) is 3.86. The molecule has 27 heavy (non-hydrogen) atoms. The molecule has 5 aromatic rings. The van der Waals surface area contributed by atoms with E-state index in [4.69, 9.17) is 4.98 Å². The zero-order valence-corrected chi connectivity index (χ0v) is 15.0. The smallest absolute Gasteiger partial charge is 0.264 e. The molecule has 2 aromatic heterocycles. The topological polar surface area (TPSA) is 34.4 Å². The third kappa shape index (κ3) is 2.28. The molecule has 0 bridgehead atoms. The Kier molecular flexibility index (Phi) is 3.54. The summed E-state index contributed by atoms with van der Waals surface area (Å²) in [5.41, 5.74) is 1.57. The Morgan fingerprint density at radius 2 is 1.67 bits per heavy atom. The molecule has 0 aliphatic heterocycles. The molecule has 2 heterocycles. The standard InChI is InChI=1S/C24H18N2O/c1-2-3-4-14-20-17-11-5-6-15-21(17)26-23(25-20)18-12-7-9-16-10-8-13-19(22(16)18)24(26)27/h3-15H,2H2,1H3/b4-3-,20-14+. The van der Waals surface area contributed by atoms with Gasteiger partial charge in [0, 0.05) is 21.5 Å². The second kappa shape index (κ2) is 6.06. The normalized spacial score (nSPS) is 13.0. The Balaban J connectivity index is 2.12. The van der Waals surface area contributed by atoms with Crippen molar-refractivity contribution in [1.82, 2.24) is 9.38 Å². The fourth-order valence-electron chi connectivity index (χ4n) is 3.86. The van der Waals surface area contributed by atoms with Crippen molar-refractivity contribution < 1.29 is 0 Å². The molecule has 0 unspecified atom stereocenters. The molecule has 0 fully saturated rings. The number of fused-ring (bicyclic) bond motifs is 4. The summed E-state index contributed by atoms with van der Waals surface area (Å²) in [6.45, 7) is 2.11. The van der Waals surface area contributed by atoms with Gasteiger partial charge in [-0.2, -0.15) is 0 Å². The van der Waals surface area contributed by atoms with Crippen molar-refractivity contribution in [2.24, 2.45) is 0 Å². The van der Waals surface area contributed by atoms with Crippen molar-refractivity contribution >= 4 is 44.2 Å². The van der Waals surface area contributed by atoms with Crippen LogP contribution in [0.2, 0.25) is 0 Å². The summed E-state index contributed by atoms with van der Waals surface area (Å²) < 4.78 is 1.76. The van der Waals surface area contributed by atoms with E-state index in [2.05, 4.69) is 19.1 Å². The first-order valence-corrected chi connectivity index (χ1v) is 9.21. The number of nitrogens with zero attached hydrogens (tertiary/aromatic N) is 2. The minimum absolute atomic E-state index is 0.0198. The molecule has 0 radical (unpaired) electrons. The van der Waals surface area contributed by atoms with Crippen LogP contribution in [0.3, 0.4) is 0 Å². The molecule has 3 nitrogen and oxygen atoms in total. The SMILES string of the molecule is CC/C=C\C=c1\nc2c3cccc4cccc(c(=O)n2c2ccccc12)c43. The molecule has 5 rings (SSSR count). The van der Waals surface area contributed by atoms with E-state index >= 15 is 0 Å². The van der Waals surface area contributed by atoms with E-state index in [-0.39, 0.29) is 5.56 Å². The van der Waals surface area contributed by atoms with Crippen LogP contribution in [0.15, 0.2) is 77.6 Å². The first kappa shape index (κ1) is 15.8. The molecule has 130 valence electrons. The van der Waals surface area contributed by atoms with Gasteiger partial charge in [0.25, 0.3) is 5.56 Å². The Bertz CT molecular complexity index is 1470. The monoisotopic (exact) mass is 350 g/mol. The van der Waals surface area contributed by atoms with Crippen LogP contribution in [-0.2, 0) is 0 Å². The number of pyridine rings is 1. The highest BCUT2D eigenvalue weighted by Crippen LogP contribution is 2.27. The molecule has 3 aromatic carbocycles. The van der Waals surface area contributed by atoms with Crippen LogP contribution < -0.4 is 10.9 Å². The van der Waals surface area contributed by atoms with Gasteiger partial charge in [-0.3, -0.25) is 9.20 Å². The van der Waals surface area contributed by atoms with Gasteiger partial charge in [0.05, 0.1) is 10.9 Å². The highest BCUT2D eigenvalue weighted by molar-refractivity contribution is 6.14. The summed E-state index contributed by atoms with van der Waals surface area (Å²) in [4.78, 5) is 18.3. The summed E-state index contributed by atoms with van der Waals surface area (Å²) in [7, 11) is 0. The zero-order valence-electron chi connectivity index (χ0n) is 15.0. The predicted molar refractivity (Wildman–Crippen MR) is 113 cm³/mol. The summed E-state index contributed by atoms with van der Waals surface area (Å²) >= 11 is 0. The molecular formula is C24H18N2O. The largest absolute Gasteiger partial charge is 0.268 e. The Morgan fingerprint density at radius 1 is 0.926 bits per heavy atom. The summed E-state index contributed by atoms with van der Waals surface area (Å²) in [6, 6.07) is 20.0. The molecule has 0 saturated carbocycles. The number of benzene rings is 3. The van der Waals surface area contributed by atoms with Gasteiger partial charge in [0.2, 0.25) is 0 Å². The van der Waals surface area contributed by atoms with Crippen molar-refractivity contribution in [3.8, 4) is 0 Å². The average molecular weight is 350 g/mol. The van der Waals surface area contributed by atoms with E-state index in [0.717, 1.165) is 44.2 Å². The summed E-state index contributed by atoms with van der Waals surface area (Å²) in [5.74, 6) is 0. The molecule has 0 spiro atoms. The maximum atomic E-state index is 13.4. The van der Waals surface area contributed by atoms with Gasteiger partial charge in [-0.05, 0) is 30.0 Å². The van der Waals surface area contributed by atoms with Gasteiger partial charge < -0.3 is 0 Å². The van der Waals surface area contributed by atoms with Gasteiger partial charge in [-0.25, -0.2) is 4.98 Å². The van der Waals surface area contributed by atoms with Gasteiger partial charge >= 0.3 is 0 Å². The maximum Gasteiger partial charge on any atom is 0.264 e. The number of hydrogen-bond donors (Lipinski definition) is 0. The number of para-hydroxylation sites is 1. The Labute approximate surface area is 155 Å². The number of hydrogen-bond acceptors (Lipinski definition) is 2. The third-order valence-corrected chi connectivity index (χ3v) is 5.06. The highest BCUT2D eigenvalue weighted by Gasteiger charge is 2.14. The molecule has 0 aliphatic rings. The number of aromatic nitrogens is 2. The fraction of sp³-hybridized carbons (Fsp3) is 0.0833. The van der Waals surface area contributed by atoms with Crippen LogP contribution in [0, 0.1) is 0 Å². The molecule has 0 amide bonds. The van der Waals surface area contributed by atoms with E-state index < -0.39 is 0 Å². The van der Waals surface area contributed by atoms with E-state index in [1.54, 1.807) is 4.40 Å². The molecule has 3 heteroatoms. The number of rotatable bonds is 2. The zero-order chi connectivity index (χ0) is 18.4. The summed E-state index contributed by atoms with van der Waals surface area (Å²) in [6.07, 6.45) is 7.13. The first-order valence-electron chi connectivity index (χ1n) is 9.21. The van der Waals surface area contributed by atoms with Crippen molar-refractivity contribution in [1.29, 1.82) is 0 Å². The van der Waals surface area contributed by atoms with Crippen LogP contribution in [0.4, 0.5) is 0 Å². The van der Waals surface area contributed by atoms with Crippen molar-refractivity contribution in [3.63, 3.8) is 0 Å². The van der Waals surface area contributed by atoms with Gasteiger partial charge in [-0.15, -0.1) is 0 Å². The molecule has 0 aliphatic carbocycles. The Hall–Kier alpha value is -3.46. The van der Waals surface area contributed by atoms with Gasteiger partial charge in [0.15, 0.2) is 0 Å². The molecular weight excluding hydrogens is 332 g/mol. The second-order valence-electron chi connectivity index (χ2n) is 6.69. The van der Waals surface area contributed by atoms with Crippen molar-refractivity contribution in [2.75, 3.05) is 0 Å². The van der Waals surface area contributed by atoms with Crippen LogP contribution in [0.1, 0.15) is 13.3 Å². The van der Waals surface area contributed by atoms with Gasteiger partial charge in [0.1, 0.15) is 5.65 Å². The number of allylic oxidation sites excluding steroid dienone is 2. The lowest BCUT2D eigenvalue weighted by Crippen LogP contribution is -2.21. The van der Waals surface area contributed by atoms with Crippen LogP contribution >= 0.6 is 0 Å². The second-order valence-corrected chi connectivity index (χ2v) is 6.69. The minimum atomic E-state index is -0.0198. The average Bonchev–Trinajstić information content (AvgIpc) is 2.71. The first-order chi connectivity index (χ1) is 13.3. The predicted octanol–water partition coefficient (Wildman–Crippen LogP) is 4.62. The van der Waals surface area contributed by atoms with Crippen molar-refractivity contribution in [2.45, 2.75) is 13.3 Å². The maximum absolute atomic E-state index is 13.4. The third-order valence-electron chi connectivity index (χ3n) is 5.06. The lowest BCUT2D eigenvalue weighted by atomic mass is 10.0. The summed E-state index contributed by atoms with van der Waals surface area (Å²) in [5, 5.41) is 5.64. The van der Waals surface area contributed by atoms with E-state index in [9.17, 15) is 4.79 Å². The molecule has 0 N–H and O–H groups in total. The molecule has 0 atom stereocenters. The lowest BCUT2D eigenvalue weighted by Gasteiger charge is -2.12. The van der Waals surface area contributed by atoms with E-state index in [0.29, 0.717) is 5.65 Å². The Morgan fingerprint density at radius 3 is 2.48 bits per heavy atom.